The molecule has 0 radical (unpaired) electrons. The van der Waals surface area contributed by atoms with E-state index in [2.05, 4.69) is 70.6 Å². The number of rotatable bonds is 6. The molecule has 3 rings (SSSR count). The second-order valence-corrected chi connectivity index (χ2v) is 6.36. The van der Waals surface area contributed by atoms with Crippen molar-refractivity contribution in [2.75, 3.05) is 12.4 Å². The highest BCUT2D eigenvalue weighted by molar-refractivity contribution is 6.05. The summed E-state index contributed by atoms with van der Waals surface area (Å²) in [7, 11) is 1.86. The van der Waals surface area contributed by atoms with Crippen molar-refractivity contribution in [2.24, 2.45) is 0 Å². The van der Waals surface area contributed by atoms with Crippen LogP contribution in [0.1, 0.15) is 24.6 Å². The average molecular weight is 357 g/mol. The predicted molar refractivity (Wildman–Crippen MR) is 111 cm³/mol. The van der Waals surface area contributed by atoms with E-state index in [0.717, 1.165) is 46.6 Å². The maximum Gasteiger partial charge on any atom is 0.146 e. The van der Waals surface area contributed by atoms with Gasteiger partial charge in [0.25, 0.3) is 0 Å². The van der Waals surface area contributed by atoms with Gasteiger partial charge in [-0.1, -0.05) is 49.4 Å². The van der Waals surface area contributed by atoms with Gasteiger partial charge in [-0.3, -0.25) is 0 Å². The Morgan fingerprint density at radius 3 is 2.63 bits per heavy atom. The number of aromatic nitrogens is 3. The molecule has 0 aliphatic heterocycles. The molecule has 0 unspecified atom stereocenters. The van der Waals surface area contributed by atoms with Gasteiger partial charge >= 0.3 is 0 Å². The zero-order chi connectivity index (χ0) is 19.4. The summed E-state index contributed by atoms with van der Waals surface area (Å²) in [4.78, 5) is 8.99. The highest BCUT2D eigenvalue weighted by Gasteiger charge is 2.21. The normalized spacial score (nSPS) is 11.4. The number of hydrogen-bond donors (Lipinski definition) is 1. The number of nitrogens with zero attached hydrogens (tertiary/aromatic N) is 4. The Morgan fingerprint density at radius 2 is 2.04 bits per heavy atom. The summed E-state index contributed by atoms with van der Waals surface area (Å²) in [6.45, 7) is 8.76. The Morgan fingerprint density at radius 1 is 1.30 bits per heavy atom. The number of allylic oxidation sites excluding steroid dienone is 2. The molecule has 0 aliphatic rings. The Labute approximate surface area is 159 Å². The van der Waals surface area contributed by atoms with Crippen LogP contribution in [0.15, 0.2) is 48.8 Å². The van der Waals surface area contributed by atoms with Gasteiger partial charge in [-0.05, 0) is 25.0 Å². The fourth-order valence-corrected chi connectivity index (χ4v) is 3.27. The summed E-state index contributed by atoms with van der Waals surface area (Å²) < 4.78 is 2.16. The Bertz CT molecular complexity index is 1050. The molecule has 136 valence electrons. The molecule has 0 saturated heterocycles. The van der Waals surface area contributed by atoms with Crippen LogP contribution in [0, 0.1) is 18.3 Å². The predicted octanol–water partition coefficient (Wildman–Crippen LogP) is 4.95. The van der Waals surface area contributed by atoms with Crippen LogP contribution in [0.25, 0.3) is 28.2 Å². The maximum absolute atomic E-state index is 9.44. The first-order valence-electron chi connectivity index (χ1n) is 9.00. The molecule has 0 amide bonds. The molecule has 1 N–H and O–H groups in total. The molecule has 1 aromatic carbocycles. The molecule has 0 spiro atoms. The summed E-state index contributed by atoms with van der Waals surface area (Å²) in [5, 5.41) is 13.6. The first-order valence-corrected chi connectivity index (χ1v) is 9.00. The number of fused-ring (bicyclic) bond motifs is 1. The van der Waals surface area contributed by atoms with Crippen LogP contribution in [-0.2, 0) is 6.54 Å². The van der Waals surface area contributed by atoms with E-state index in [-0.39, 0.29) is 0 Å². The van der Waals surface area contributed by atoms with Crippen molar-refractivity contribution < 1.29 is 0 Å². The Hall–Kier alpha value is -3.39. The maximum atomic E-state index is 9.44. The van der Waals surface area contributed by atoms with Crippen molar-refractivity contribution in [3.8, 4) is 17.2 Å². The summed E-state index contributed by atoms with van der Waals surface area (Å²) in [6, 6.07) is 10.6. The van der Waals surface area contributed by atoms with E-state index in [1.807, 2.05) is 13.1 Å². The fourth-order valence-electron chi connectivity index (χ4n) is 3.27. The fraction of sp³-hybridized carbons (Fsp3) is 0.227. The van der Waals surface area contributed by atoms with Gasteiger partial charge in [-0.2, -0.15) is 5.26 Å². The minimum absolute atomic E-state index is 0.516. The van der Waals surface area contributed by atoms with E-state index in [9.17, 15) is 5.26 Å². The topological polar surface area (TPSA) is 66.5 Å². The Kier molecular flexibility index (Phi) is 5.37. The molecular weight excluding hydrogens is 334 g/mol. The van der Waals surface area contributed by atoms with E-state index in [0.29, 0.717) is 5.57 Å². The van der Waals surface area contributed by atoms with Gasteiger partial charge in [0.15, 0.2) is 0 Å². The average Bonchev–Trinajstić information content (AvgIpc) is 3.00. The SMILES string of the molecule is C=C/C(C#N)=C/c1c(-c2ccc(C)cc2)c2c(NC)ncnc2n1CCC. The molecule has 0 bridgehead atoms. The number of hydrogen-bond acceptors (Lipinski definition) is 4. The highest BCUT2D eigenvalue weighted by Crippen LogP contribution is 2.38. The lowest BCUT2D eigenvalue weighted by molar-refractivity contribution is 0.692. The quantitative estimate of drug-likeness (QED) is 0.500. The van der Waals surface area contributed by atoms with E-state index < -0.39 is 0 Å². The van der Waals surface area contributed by atoms with E-state index in [1.165, 1.54) is 5.56 Å². The van der Waals surface area contributed by atoms with Crippen molar-refractivity contribution in [3.05, 3.63) is 60.1 Å². The molecular formula is C22H23N5. The molecule has 2 heterocycles. The minimum Gasteiger partial charge on any atom is -0.372 e. The molecule has 5 nitrogen and oxygen atoms in total. The van der Waals surface area contributed by atoms with Crippen molar-refractivity contribution >= 4 is 22.9 Å². The third-order valence-electron chi connectivity index (χ3n) is 4.55. The van der Waals surface area contributed by atoms with Gasteiger partial charge in [-0.25, -0.2) is 9.97 Å². The van der Waals surface area contributed by atoms with Crippen molar-refractivity contribution in [3.63, 3.8) is 0 Å². The number of nitriles is 1. The van der Waals surface area contributed by atoms with Gasteiger partial charge in [0, 0.05) is 19.2 Å². The van der Waals surface area contributed by atoms with Crippen LogP contribution < -0.4 is 5.32 Å². The largest absolute Gasteiger partial charge is 0.372 e. The smallest absolute Gasteiger partial charge is 0.146 e. The van der Waals surface area contributed by atoms with Crippen LogP contribution in [0.2, 0.25) is 0 Å². The summed E-state index contributed by atoms with van der Waals surface area (Å²) >= 11 is 0. The molecule has 0 atom stereocenters. The lowest BCUT2D eigenvalue weighted by Gasteiger charge is -2.08. The molecule has 27 heavy (non-hydrogen) atoms. The third kappa shape index (κ3) is 3.34. The van der Waals surface area contributed by atoms with Crippen molar-refractivity contribution in [1.82, 2.24) is 14.5 Å². The van der Waals surface area contributed by atoms with Gasteiger partial charge < -0.3 is 9.88 Å². The molecule has 0 saturated carbocycles. The monoisotopic (exact) mass is 357 g/mol. The number of nitrogens with one attached hydrogen (secondary N) is 1. The van der Waals surface area contributed by atoms with Crippen molar-refractivity contribution in [1.29, 1.82) is 5.26 Å². The van der Waals surface area contributed by atoms with Gasteiger partial charge in [0.2, 0.25) is 0 Å². The third-order valence-corrected chi connectivity index (χ3v) is 4.55. The minimum atomic E-state index is 0.516. The standard InChI is InChI=1S/C22H23N5/c1-5-11-27-18(12-16(6-2)13-23)19(17-9-7-15(3)8-10-17)20-21(24-4)25-14-26-22(20)27/h6-10,12,14H,2,5,11H2,1,3-4H3,(H,24,25,26)/b16-12-. The molecule has 5 heteroatoms. The van der Waals surface area contributed by atoms with Gasteiger partial charge in [0.05, 0.1) is 22.7 Å². The second-order valence-electron chi connectivity index (χ2n) is 6.36. The number of aryl methyl sites for hydroxylation is 2. The summed E-state index contributed by atoms with van der Waals surface area (Å²) in [5.74, 6) is 0.775. The summed E-state index contributed by atoms with van der Waals surface area (Å²) in [5.41, 5.74) is 5.62. The molecule has 3 aromatic rings. The zero-order valence-corrected chi connectivity index (χ0v) is 16.0. The lowest BCUT2D eigenvalue weighted by atomic mass is 10.0. The molecule has 0 aliphatic carbocycles. The summed E-state index contributed by atoms with van der Waals surface area (Å²) in [6.07, 6.45) is 5.99. The Balaban J connectivity index is 2.48. The van der Waals surface area contributed by atoms with E-state index in [4.69, 9.17) is 0 Å². The van der Waals surface area contributed by atoms with Crippen LogP contribution in [-0.4, -0.2) is 21.6 Å². The van der Waals surface area contributed by atoms with Gasteiger partial charge in [-0.15, -0.1) is 0 Å². The highest BCUT2D eigenvalue weighted by atomic mass is 15.1. The van der Waals surface area contributed by atoms with Crippen molar-refractivity contribution in [2.45, 2.75) is 26.8 Å². The first kappa shape index (κ1) is 18.4. The van der Waals surface area contributed by atoms with Crippen LogP contribution in [0.4, 0.5) is 5.82 Å². The van der Waals surface area contributed by atoms with E-state index in [1.54, 1.807) is 12.4 Å². The van der Waals surface area contributed by atoms with Crippen LogP contribution >= 0.6 is 0 Å². The van der Waals surface area contributed by atoms with Gasteiger partial charge in [0.1, 0.15) is 17.8 Å². The number of benzene rings is 1. The molecule has 0 fully saturated rings. The first-order chi connectivity index (χ1) is 13.1. The second kappa shape index (κ2) is 7.88. The zero-order valence-electron chi connectivity index (χ0n) is 16.0. The van der Waals surface area contributed by atoms with E-state index >= 15 is 0 Å². The lowest BCUT2D eigenvalue weighted by Crippen LogP contribution is -2.01. The van der Waals surface area contributed by atoms with Crippen LogP contribution in [0.5, 0.6) is 0 Å². The van der Waals surface area contributed by atoms with Crippen LogP contribution in [0.3, 0.4) is 0 Å². The molecule has 2 aromatic heterocycles. The number of anilines is 1.